The summed E-state index contributed by atoms with van der Waals surface area (Å²) in [6.07, 6.45) is 0. The first-order valence-corrected chi connectivity index (χ1v) is 10.4. The van der Waals surface area contributed by atoms with Gasteiger partial charge in [0.15, 0.2) is 5.16 Å². The average molecular weight is 406 g/mol. The van der Waals surface area contributed by atoms with E-state index >= 15 is 0 Å². The van der Waals surface area contributed by atoms with Gasteiger partial charge in [-0.3, -0.25) is 9.36 Å². The van der Waals surface area contributed by atoms with Crippen molar-refractivity contribution in [3.05, 3.63) is 35.9 Å². The fraction of sp³-hybridized carbons (Fsp3) is 0.526. The summed E-state index contributed by atoms with van der Waals surface area (Å²) in [6.45, 7) is 5.99. The van der Waals surface area contributed by atoms with Crippen molar-refractivity contribution in [3.63, 3.8) is 0 Å². The molecule has 9 heteroatoms. The summed E-state index contributed by atoms with van der Waals surface area (Å²) in [4.78, 5) is 14.4. The zero-order chi connectivity index (χ0) is 19.8. The van der Waals surface area contributed by atoms with Gasteiger partial charge in [-0.15, -0.1) is 10.2 Å². The van der Waals surface area contributed by atoms with Crippen LogP contribution in [-0.4, -0.2) is 72.5 Å². The lowest BCUT2D eigenvalue weighted by Gasteiger charge is -2.28. The number of nitrogens with zero attached hydrogens (tertiary/aromatic N) is 4. The minimum Gasteiger partial charge on any atom is -0.383 e. The van der Waals surface area contributed by atoms with Crippen LogP contribution in [0.3, 0.4) is 0 Å². The molecule has 152 valence electrons. The number of benzene rings is 1. The van der Waals surface area contributed by atoms with Gasteiger partial charge in [-0.2, -0.15) is 0 Å². The van der Waals surface area contributed by atoms with E-state index in [0.717, 1.165) is 29.8 Å². The lowest BCUT2D eigenvalue weighted by atomic mass is 10.2. The first-order valence-electron chi connectivity index (χ1n) is 9.38. The van der Waals surface area contributed by atoms with Crippen molar-refractivity contribution in [1.29, 1.82) is 0 Å². The van der Waals surface area contributed by atoms with E-state index in [0.29, 0.717) is 26.4 Å². The molecule has 1 aliphatic heterocycles. The molecule has 2 aromatic rings. The Morgan fingerprint density at radius 1 is 1.29 bits per heavy atom. The molecule has 3 rings (SSSR count). The first-order chi connectivity index (χ1) is 13.7. The molecular weight excluding hydrogens is 378 g/mol. The fourth-order valence-electron chi connectivity index (χ4n) is 3.03. The molecule has 0 bridgehead atoms. The molecule has 1 amide bonds. The number of rotatable bonds is 9. The van der Waals surface area contributed by atoms with Gasteiger partial charge < -0.3 is 19.7 Å². The minimum absolute atomic E-state index is 0.0239. The summed E-state index contributed by atoms with van der Waals surface area (Å²) in [5.74, 6) is 1.06. The molecule has 0 radical (unpaired) electrons. The van der Waals surface area contributed by atoms with Gasteiger partial charge in [-0.1, -0.05) is 42.1 Å². The van der Waals surface area contributed by atoms with Crippen molar-refractivity contribution in [3.8, 4) is 0 Å². The maximum atomic E-state index is 12.2. The smallest absolute Gasteiger partial charge is 0.230 e. The Balaban J connectivity index is 1.72. The second-order valence-corrected chi connectivity index (χ2v) is 7.61. The zero-order valence-corrected chi connectivity index (χ0v) is 17.2. The maximum absolute atomic E-state index is 12.2. The van der Waals surface area contributed by atoms with Gasteiger partial charge in [0, 0.05) is 26.2 Å². The van der Waals surface area contributed by atoms with E-state index < -0.39 is 0 Å². The van der Waals surface area contributed by atoms with Crippen LogP contribution in [0.4, 0.5) is 5.95 Å². The van der Waals surface area contributed by atoms with Crippen LogP contribution < -0.4 is 10.2 Å². The number of methoxy groups -OCH3 is 1. The summed E-state index contributed by atoms with van der Waals surface area (Å²) in [5.41, 5.74) is 1.16. The number of carbonyl (C=O) groups is 1. The number of anilines is 1. The van der Waals surface area contributed by atoms with E-state index in [-0.39, 0.29) is 17.7 Å². The first kappa shape index (κ1) is 20.6. The van der Waals surface area contributed by atoms with E-state index in [2.05, 4.69) is 37.1 Å². The summed E-state index contributed by atoms with van der Waals surface area (Å²) < 4.78 is 12.6. The number of amides is 1. The largest absolute Gasteiger partial charge is 0.383 e. The normalized spacial score (nSPS) is 15.4. The number of aromatic nitrogens is 3. The molecule has 1 aliphatic rings. The molecule has 8 nitrogen and oxygen atoms in total. The Labute approximate surface area is 169 Å². The molecule has 1 aromatic carbocycles. The number of thioether (sulfide) groups is 1. The molecule has 1 aromatic heterocycles. The van der Waals surface area contributed by atoms with Crippen LogP contribution in [0, 0.1) is 0 Å². The highest BCUT2D eigenvalue weighted by molar-refractivity contribution is 7.99. The average Bonchev–Trinajstić information content (AvgIpc) is 3.10. The SMILES string of the molecule is COCC(C)NC(=O)CSc1nnc(N2CCOCC2)n1Cc1ccccc1. The summed E-state index contributed by atoms with van der Waals surface area (Å²) in [5, 5.41) is 12.4. The molecular formula is C19H27N5O3S. The molecule has 0 saturated carbocycles. The Morgan fingerprint density at radius 3 is 2.75 bits per heavy atom. The lowest BCUT2D eigenvalue weighted by molar-refractivity contribution is -0.119. The standard InChI is InChI=1S/C19H27N5O3S/c1-15(13-26-2)20-17(25)14-28-19-22-21-18(23-8-10-27-11-9-23)24(19)12-16-6-4-3-5-7-16/h3-7,15H,8-14H2,1-2H3,(H,20,25). The third-order valence-electron chi connectivity index (χ3n) is 4.33. The van der Waals surface area contributed by atoms with Gasteiger partial charge in [0.25, 0.3) is 0 Å². The molecule has 1 unspecified atom stereocenters. The molecule has 0 spiro atoms. The summed E-state index contributed by atoms with van der Waals surface area (Å²) >= 11 is 1.40. The fourth-order valence-corrected chi connectivity index (χ4v) is 3.77. The molecule has 1 N–H and O–H groups in total. The van der Waals surface area contributed by atoms with Crippen molar-refractivity contribution < 1.29 is 14.3 Å². The topological polar surface area (TPSA) is 81.5 Å². The zero-order valence-electron chi connectivity index (χ0n) is 16.3. The number of hydrogen-bond acceptors (Lipinski definition) is 7. The highest BCUT2D eigenvalue weighted by atomic mass is 32.2. The van der Waals surface area contributed by atoms with Crippen molar-refractivity contribution >= 4 is 23.6 Å². The number of hydrogen-bond donors (Lipinski definition) is 1. The maximum Gasteiger partial charge on any atom is 0.230 e. The van der Waals surface area contributed by atoms with E-state index in [1.54, 1.807) is 7.11 Å². The lowest BCUT2D eigenvalue weighted by Crippen LogP contribution is -2.38. The van der Waals surface area contributed by atoms with Crippen LogP contribution in [-0.2, 0) is 20.8 Å². The predicted octanol–water partition coefficient (Wildman–Crippen LogP) is 1.41. The summed E-state index contributed by atoms with van der Waals surface area (Å²) in [6, 6.07) is 10.2. The number of nitrogens with one attached hydrogen (secondary N) is 1. The highest BCUT2D eigenvalue weighted by Gasteiger charge is 2.21. The third kappa shape index (κ3) is 5.70. The van der Waals surface area contributed by atoms with Crippen molar-refractivity contribution in [2.24, 2.45) is 0 Å². The van der Waals surface area contributed by atoms with Crippen LogP contribution in [0.5, 0.6) is 0 Å². The molecule has 1 fully saturated rings. The van der Waals surface area contributed by atoms with Gasteiger partial charge in [-0.25, -0.2) is 0 Å². The van der Waals surface area contributed by atoms with Gasteiger partial charge in [0.2, 0.25) is 11.9 Å². The van der Waals surface area contributed by atoms with E-state index in [4.69, 9.17) is 9.47 Å². The molecule has 0 aliphatic carbocycles. The van der Waals surface area contributed by atoms with E-state index in [9.17, 15) is 4.79 Å². The molecule has 2 heterocycles. The predicted molar refractivity (Wildman–Crippen MR) is 109 cm³/mol. The second-order valence-electron chi connectivity index (χ2n) is 6.67. The van der Waals surface area contributed by atoms with Gasteiger partial charge in [0.05, 0.1) is 32.1 Å². The third-order valence-corrected chi connectivity index (χ3v) is 5.30. The van der Waals surface area contributed by atoms with Crippen LogP contribution in [0.1, 0.15) is 12.5 Å². The van der Waals surface area contributed by atoms with Crippen molar-refractivity contribution in [2.75, 3.05) is 50.7 Å². The second kappa shape index (κ2) is 10.4. The Bertz CT molecular complexity index is 749. The Kier molecular flexibility index (Phi) is 7.70. The van der Waals surface area contributed by atoms with Crippen molar-refractivity contribution in [2.45, 2.75) is 24.7 Å². The molecule has 1 atom stereocenters. The van der Waals surface area contributed by atoms with Crippen molar-refractivity contribution in [1.82, 2.24) is 20.1 Å². The van der Waals surface area contributed by atoms with Crippen LogP contribution >= 0.6 is 11.8 Å². The van der Waals surface area contributed by atoms with Crippen LogP contribution in [0.2, 0.25) is 0 Å². The van der Waals surface area contributed by atoms with E-state index in [1.165, 1.54) is 11.8 Å². The monoisotopic (exact) mass is 405 g/mol. The van der Waals surface area contributed by atoms with Gasteiger partial charge in [0.1, 0.15) is 0 Å². The number of carbonyl (C=O) groups excluding carboxylic acids is 1. The molecule has 1 saturated heterocycles. The van der Waals surface area contributed by atoms with Crippen LogP contribution in [0.25, 0.3) is 0 Å². The van der Waals surface area contributed by atoms with Gasteiger partial charge in [-0.05, 0) is 12.5 Å². The number of ether oxygens (including phenoxy) is 2. The Hall–Kier alpha value is -2.10. The molecule has 28 heavy (non-hydrogen) atoms. The minimum atomic E-state index is -0.0447. The van der Waals surface area contributed by atoms with Crippen LogP contribution in [0.15, 0.2) is 35.5 Å². The highest BCUT2D eigenvalue weighted by Crippen LogP contribution is 2.24. The van der Waals surface area contributed by atoms with E-state index in [1.807, 2.05) is 25.1 Å². The number of morpholine rings is 1. The summed E-state index contributed by atoms with van der Waals surface area (Å²) in [7, 11) is 1.62. The Morgan fingerprint density at radius 2 is 2.04 bits per heavy atom. The quantitative estimate of drug-likeness (QED) is 0.632. The van der Waals surface area contributed by atoms with Gasteiger partial charge >= 0.3 is 0 Å².